The number of carbonyl (C=O) groups excluding carboxylic acids is 1. The van der Waals surface area contributed by atoms with Gasteiger partial charge in [0.1, 0.15) is 0 Å². The smallest absolute Gasteiger partial charge is 0.411 e. The third kappa shape index (κ3) is 5.75. The summed E-state index contributed by atoms with van der Waals surface area (Å²) in [6.07, 6.45) is -0.482. The number of aliphatic imine (C=N–C) groups is 1. The number of amides is 1. The van der Waals surface area contributed by atoms with Crippen molar-refractivity contribution in [3.05, 3.63) is 45.4 Å². The molecule has 1 amide bonds. The second kappa shape index (κ2) is 9.03. The van der Waals surface area contributed by atoms with Gasteiger partial charge in [0.2, 0.25) is 0 Å². The normalized spacial score (nSPS) is 11.1. The molecule has 0 saturated heterocycles. The van der Waals surface area contributed by atoms with Gasteiger partial charge in [-0.15, -0.1) is 11.3 Å². The number of carbonyl (C=O) groups is 1. The van der Waals surface area contributed by atoms with Crippen LogP contribution in [0.25, 0.3) is 0 Å². The Hall–Kier alpha value is -2.61. The number of aromatic nitrogens is 1. The van der Waals surface area contributed by atoms with Crippen molar-refractivity contribution in [2.24, 2.45) is 4.99 Å². The zero-order valence-electron chi connectivity index (χ0n) is 14.8. The first kappa shape index (κ1) is 18.7. The topological polar surface area (TPSA) is 87.6 Å². The fourth-order valence-electron chi connectivity index (χ4n) is 2.18. The number of guanidine groups is 1. The molecule has 1 aromatic heterocycles. The zero-order valence-corrected chi connectivity index (χ0v) is 15.7. The number of nitrogens with zero attached hydrogens (tertiary/aromatic N) is 2. The second-order valence-corrected chi connectivity index (χ2v) is 6.62. The fraction of sp³-hybridized carbons (Fsp3) is 0.353. The van der Waals surface area contributed by atoms with E-state index < -0.39 is 6.09 Å². The summed E-state index contributed by atoms with van der Waals surface area (Å²) in [5, 5.41) is 10.2. The van der Waals surface area contributed by atoms with E-state index in [0.29, 0.717) is 18.8 Å². The molecule has 0 radical (unpaired) electrons. The predicted molar refractivity (Wildman–Crippen MR) is 101 cm³/mol. The van der Waals surface area contributed by atoms with Gasteiger partial charge in [0.05, 0.1) is 24.4 Å². The number of ether oxygens (including phenoxy) is 1. The predicted octanol–water partition coefficient (Wildman–Crippen LogP) is 2.80. The van der Waals surface area contributed by atoms with E-state index in [9.17, 15) is 4.79 Å². The maximum Gasteiger partial charge on any atom is 0.411 e. The van der Waals surface area contributed by atoms with Gasteiger partial charge in [0.25, 0.3) is 0 Å². The lowest BCUT2D eigenvalue weighted by Gasteiger charge is -2.12. The van der Waals surface area contributed by atoms with E-state index in [2.05, 4.69) is 30.7 Å². The first-order valence-corrected chi connectivity index (χ1v) is 8.64. The lowest BCUT2D eigenvalue weighted by Crippen LogP contribution is -2.36. The van der Waals surface area contributed by atoms with Crippen molar-refractivity contribution >= 4 is 29.1 Å². The van der Waals surface area contributed by atoms with Crippen LogP contribution in [0, 0.1) is 13.8 Å². The number of methoxy groups -OCH3 is 1. The number of aryl methyl sites for hydroxylation is 2. The molecule has 2 rings (SSSR count). The number of nitrogens with one attached hydrogen (secondary N) is 3. The Balaban J connectivity index is 1.84. The maximum absolute atomic E-state index is 11.2. The number of hydrogen-bond acceptors (Lipinski definition) is 5. The summed E-state index contributed by atoms with van der Waals surface area (Å²) in [4.78, 5) is 21.0. The van der Waals surface area contributed by atoms with Crippen molar-refractivity contribution < 1.29 is 9.53 Å². The summed E-state index contributed by atoms with van der Waals surface area (Å²) >= 11 is 1.69. The van der Waals surface area contributed by atoms with Crippen molar-refractivity contribution in [3.8, 4) is 0 Å². The van der Waals surface area contributed by atoms with Gasteiger partial charge in [-0.1, -0.05) is 12.1 Å². The molecule has 0 atom stereocenters. The van der Waals surface area contributed by atoms with Crippen molar-refractivity contribution in [1.29, 1.82) is 0 Å². The Kier molecular flexibility index (Phi) is 6.76. The highest BCUT2D eigenvalue weighted by molar-refractivity contribution is 7.11. The van der Waals surface area contributed by atoms with Crippen LogP contribution in [0.2, 0.25) is 0 Å². The summed E-state index contributed by atoms with van der Waals surface area (Å²) in [5.41, 5.74) is 2.82. The van der Waals surface area contributed by atoms with Crippen LogP contribution >= 0.6 is 11.3 Å². The molecule has 0 aliphatic rings. The van der Waals surface area contributed by atoms with Gasteiger partial charge in [-0.25, -0.2) is 9.78 Å². The Bertz CT molecular complexity index is 740. The van der Waals surface area contributed by atoms with Crippen LogP contribution in [0.1, 0.15) is 21.1 Å². The molecule has 1 heterocycles. The molecule has 0 fully saturated rings. The van der Waals surface area contributed by atoms with Gasteiger partial charge < -0.3 is 15.4 Å². The average molecular weight is 361 g/mol. The highest BCUT2D eigenvalue weighted by Crippen LogP contribution is 2.16. The minimum Gasteiger partial charge on any atom is -0.453 e. The zero-order chi connectivity index (χ0) is 18.2. The summed E-state index contributed by atoms with van der Waals surface area (Å²) in [6, 6.07) is 7.52. The fourth-order valence-corrected chi connectivity index (χ4v) is 3.06. The van der Waals surface area contributed by atoms with Gasteiger partial charge in [0.15, 0.2) is 5.96 Å². The van der Waals surface area contributed by atoms with Crippen molar-refractivity contribution in [2.75, 3.05) is 19.5 Å². The van der Waals surface area contributed by atoms with Crippen LogP contribution in [0.4, 0.5) is 10.5 Å². The lowest BCUT2D eigenvalue weighted by atomic mass is 10.2. The van der Waals surface area contributed by atoms with Crippen LogP contribution in [0.15, 0.2) is 29.3 Å². The molecule has 0 saturated carbocycles. The third-order valence-electron chi connectivity index (χ3n) is 3.49. The number of rotatable bonds is 5. The molecule has 25 heavy (non-hydrogen) atoms. The Morgan fingerprint density at radius 1 is 1.20 bits per heavy atom. The van der Waals surface area contributed by atoms with Gasteiger partial charge in [0, 0.05) is 24.2 Å². The van der Waals surface area contributed by atoms with Gasteiger partial charge in [-0.2, -0.15) is 0 Å². The van der Waals surface area contributed by atoms with Crippen LogP contribution < -0.4 is 16.0 Å². The number of benzene rings is 1. The van der Waals surface area contributed by atoms with Crippen molar-refractivity contribution in [3.63, 3.8) is 0 Å². The van der Waals surface area contributed by atoms with Gasteiger partial charge in [-0.3, -0.25) is 10.3 Å². The van der Waals surface area contributed by atoms with E-state index in [-0.39, 0.29) is 0 Å². The van der Waals surface area contributed by atoms with Crippen LogP contribution in [0.3, 0.4) is 0 Å². The average Bonchev–Trinajstić information content (AvgIpc) is 2.93. The van der Waals surface area contributed by atoms with Gasteiger partial charge in [-0.05, 0) is 31.5 Å². The van der Waals surface area contributed by atoms with E-state index in [4.69, 9.17) is 0 Å². The minimum absolute atomic E-state index is 0.482. The Morgan fingerprint density at radius 2 is 1.88 bits per heavy atom. The standard InChI is InChI=1S/C17H23N5O2S/c1-11-15(25-12(2)21-11)10-20-16(18-3)19-9-13-5-7-14(8-6-13)22-17(23)24-4/h5-8H,9-10H2,1-4H3,(H,22,23)(H2,18,19,20). The van der Waals surface area contributed by atoms with E-state index in [1.807, 2.05) is 38.1 Å². The molecule has 2 aromatic rings. The Morgan fingerprint density at radius 3 is 2.44 bits per heavy atom. The van der Waals surface area contributed by atoms with E-state index in [0.717, 1.165) is 22.2 Å². The maximum atomic E-state index is 11.2. The summed E-state index contributed by atoms with van der Waals surface area (Å²) in [7, 11) is 3.07. The summed E-state index contributed by atoms with van der Waals surface area (Å²) in [5.74, 6) is 0.724. The second-order valence-electron chi connectivity index (χ2n) is 5.33. The molecular formula is C17H23N5O2S. The molecule has 0 aliphatic carbocycles. The molecule has 7 nitrogen and oxygen atoms in total. The third-order valence-corrected chi connectivity index (χ3v) is 4.56. The van der Waals surface area contributed by atoms with E-state index >= 15 is 0 Å². The molecular weight excluding hydrogens is 338 g/mol. The van der Waals surface area contributed by atoms with Crippen molar-refractivity contribution in [2.45, 2.75) is 26.9 Å². The molecule has 3 N–H and O–H groups in total. The highest BCUT2D eigenvalue weighted by atomic mass is 32.1. The molecule has 1 aromatic carbocycles. The van der Waals surface area contributed by atoms with Crippen LogP contribution in [0.5, 0.6) is 0 Å². The van der Waals surface area contributed by atoms with Crippen molar-refractivity contribution in [1.82, 2.24) is 15.6 Å². The molecule has 0 bridgehead atoms. The lowest BCUT2D eigenvalue weighted by molar-refractivity contribution is 0.187. The largest absolute Gasteiger partial charge is 0.453 e. The van der Waals surface area contributed by atoms with E-state index in [1.165, 1.54) is 12.0 Å². The molecule has 134 valence electrons. The number of anilines is 1. The monoisotopic (exact) mass is 361 g/mol. The molecule has 8 heteroatoms. The highest BCUT2D eigenvalue weighted by Gasteiger charge is 2.06. The number of hydrogen-bond donors (Lipinski definition) is 3. The summed E-state index contributed by atoms with van der Waals surface area (Å²) < 4.78 is 4.56. The van der Waals surface area contributed by atoms with E-state index in [1.54, 1.807) is 18.4 Å². The summed E-state index contributed by atoms with van der Waals surface area (Å²) in [6.45, 7) is 5.34. The molecule has 0 aliphatic heterocycles. The first-order valence-electron chi connectivity index (χ1n) is 7.83. The van der Waals surface area contributed by atoms with Crippen LogP contribution in [-0.2, 0) is 17.8 Å². The number of thiazole rings is 1. The van der Waals surface area contributed by atoms with Crippen LogP contribution in [-0.4, -0.2) is 31.2 Å². The first-order chi connectivity index (χ1) is 12.0. The van der Waals surface area contributed by atoms with Gasteiger partial charge >= 0.3 is 6.09 Å². The molecule has 0 unspecified atom stereocenters. The minimum atomic E-state index is -0.482. The quantitative estimate of drug-likeness (QED) is 0.563. The SMILES string of the molecule is CN=C(NCc1ccc(NC(=O)OC)cc1)NCc1sc(C)nc1C. The Labute approximate surface area is 151 Å². The molecule has 0 spiro atoms.